The summed E-state index contributed by atoms with van der Waals surface area (Å²) in [5, 5.41) is 3.31. The molecular weight excluding hydrogens is 264 g/mol. The van der Waals surface area contributed by atoms with E-state index >= 15 is 0 Å². The van der Waals surface area contributed by atoms with Gasteiger partial charge in [0, 0.05) is 5.92 Å². The summed E-state index contributed by atoms with van der Waals surface area (Å²) >= 11 is 0. The van der Waals surface area contributed by atoms with E-state index in [-0.39, 0.29) is 0 Å². The van der Waals surface area contributed by atoms with E-state index in [0.29, 0.717) is 5.92 Å². The Kier molecular flexibility index (Phi) is 2.76. The fourth-order valence-corrected chi connectivity index (χ4v) is 15.9. The van der Waals surface area contributed by atoms with Crippen molar-refractivity contribution in [1.29, 1.82) is 0 Å². The van der Waals surface area contributed by atoms with E-state index in [0.717, 1.165) is 13.2 Å². The first-order valence-corrected chi connectivity index (χ1v) is 13.2. The molecule has 0 saturated carbocycles. The Balaban J connectivity index is 2.28. The second kappa shape index (κ2) is 3.93. The predicted molar refractivity (Wildman–Crippen MR) is 87.9 cm³/mol. The standard InChI is InChI=1S/C16H24OSi2/c1-11-9-17-10-13-7-15-16(8-14(11)13)19(5,6)12(2)18(15,3)4/h7-8,11H,2,9-10H2,1,3-6H3/t11-/m0/s1. The molecule has 2 aliphatic heterocycles. The maximum atomic E-state index is 5.72. The van der Waals surface area contributed by atoms with Gasteiger partial charge in [-0.3, -0.25) is 0 Å². The summed E-state index contributed by atoms with van der Waals surface area (Å²) in [7, 11) is -2.93. The summed E-state index contributed by atoms with van der Waals surface area (Å²) in [4.78, 5) is 1.60. The van der Waals surface area contributed by atoms with Crippen molar-refractivity contribution >= 4 is 26.5 Å². The third-order valence-corrected chi connectivity index (χ3v) is 15.8. The first-order chi connectivity index (χ1) is 8.76. The van der Waals surface area contributed by atoms with E-state index in [2.05, 4.69) is 51.8 Å². The molecule has 1 aromatic rings. The zero-order valence-electron chi connectivity index (χ0n) is 12.8. The Hall–Kier alpha value is -0.646. The van der Waals surface area contributed by atoms with Crippen LogP contribution in [-0.2, 0) is 11.3 Å². The van der Waals surface area contributed by atoms with E-state index in [1.165, 1.54) is 11.1 Å². The minimum absolute atomic E-state index is 0.539. The van der Waals surface area contributed by atoms with Crippen LogP contribution >= 0.6 is 0 Å². The average Bonchev–Trinajstić information content (AvgIpc) is 2.48. The third kappa shape index (κ3) is 1.68. The fraction of sp³-hybridized carbons (Fsp3) is 0.500. The molecule has 2 aliphatic rings. The van der Waals surface area contributed by atoms with Gasteiger partial charge in [0.15, 0.2) is 0 Å². The molecule has 0 fully saturated rings. The van der Waals surface area contributed by atoms with E-state index < -0.39 is 16.1 Å². The Morgan fingerprint density at radius 1 is 1.11 bits per heavy atom. The van der Waals surface area contributed by atoms with Crippen LogP contribution in [0.1, 0.15) is 24.0 Å². The molecule has 0 unspecified atom stereocenters. The summed E-state index contributed by atoms with van der Waals surface area (Å²) in [6.45, 7) is 18.4. The van der Waals surface area contributed by atoms with Crippen molar-refractivity contribution < 1.29 is 4.74 Å². The smallest absolute Gasteiger partial charge is 0.103 e. The van der Waals surface area contributed by atoms with Crippen LogP contribution in [-0.4, -0.2) is 22.8 Å². The lowest BCUT2D eigenvalue weighted by atomic mass is 9.95. The summed E-state index contributed by atoms with van der Waals surface area (Å²) in [5.74, 6) is 0.539. The van der Waals surface area contributed by atoms with Crippen molar-refractivity contribution in [1.82, 2.24) is 0 Å². The van der Waals surface area contributed by atoms with Crippen molar-refractivity contribution in [3.8, 4) is 0 Å². The van der Waals surface area contributed by atoms with Crippen molar-refractivity contribution in [2.75, 3.05) is 6.61 Å². The molecule has 0 N–H and O–H groups in total. The Bertz CT molecular complexity index is 572. The molecule has 19 heavy (non-hydrogen) atoms. The number of ether oxygens (including phenoxy) is 1. The van der Waals surface area contributed by atoms with Gasteiger partial charge in [-0.05, 0) is 11.1 Å². The lowest BCUT2D eigenvalue weighted by molar-refractivity contribution is 0.0952. The summed E-state index contributed by atoms with van der Waals surface area (Å²) in [5.41, 5.74) is 2.96. The van der Waals surface area contributed by atoms with Gasteiger partial charge in [-0.15, -0.1) is 6.58 Å². The van der Waals surface area contributed by atoms with Crippen LogP contribution in [0.2, 0.25) is 26.2 Å². The molecule has 1 nitrogen and oxygen atoms in total. The summed E-state index contributed by atoms with van der Waals surface area (Å²) in [6.07, 6.45) is 0. The second-order valence-corrected chi connectivity index (χ2v) is 16.5. The summed E-state index contributed by atoms with van der Waals surface area (Å²) in [6, 6.07) is 5.00. The maximum absolute atomic E-state index is 5.72. The fourth-order valence-electron chi connectivity index (χ4n) is 3.82. The quantitative estimate of drug-likeness (QED) is 0.667. The second-order valence-electron chi connectivity index (χ2n) is 7.24. The molecule has 0 radical (unpaired) electrons. The largest absolute Gasteiger partial charge is 0.376 e. The van der Waals surface area contributed by atoms with Gasteiger partial charge in [-0.25, -0.2) is 0 Å². The van der Waals surface area contributed by atoms with Crippen molar-refractivity contribution in [2.24, 2.45) is 0 Å². The van der Waals surface area contributed by atoms with Gasteiger partial charge in [0.05, 0.1) is 13.2 Å². The van der Waals surface area contributed by atoms with E-state index in [9.17, 15) is 0 Å². The molecule has 3 rings (SSSR count). The molecule has 0 amide bonds. The number of fused-ring (bicyclic) bond motifs is 2. The minimum Gasteiger partial charge on any atom is -0.376 e. The van der Waals surface area contributed by atoms with E-state index in [1.54, 1.807) is 15.2 Å². The van der Waals surface area contributed by atoms with Gasteiger partial charge in [0.1, 0.15) is 16.1 Å². The highest BCUT2D eigenvalue weighted by molar-refractivity contribution is 7.22. The molecule has 0 aromatic heterocycles. The molecule has 3 heteroatoms. The predicted octanol–water partition coefficient (Wildman–Crippen LogP) is 2.80. The van der Waals surface area contributed by atoms with Crippen LogP contribution in [0.5, 0.6) is 0 Å². The normalized spacial score (nSPS) is 27.0. The van der Waals surface area contributed by atoms with Crippen LogP contribution in [0.4, 0.5) is 0 Å². The van der Waals surface area contributed by atoms with E-state index in [1.807, 2.05) is 0 Å². The number of benzene rings is 1. The average molecular weight is 289 g/mol. The van der Waals surface area contributed by atoms with Crippen molar-refractivity contribution in [3.63, 3.8) is 0 Å². The Morgan fingerprint density at radius 3 is 2.32 bits per heavy atom. The van der Waals surface area contributed by atoms with Gasteiger partial charge in [-0.1, -0.05) is 60.4 Å². The molecule has 1 atom stereocenters. The highest BCUT2D eigenvalue weighted by Gasteiger charge is 2.48. The zero-order valence-corrected chi connectivity index (χ0v) is 14.8. The minimum atomic E-state index is -1.47. The topological polar surface area (TPSA) is 9.23 Å². The highest BCUT2D eigenvalue weighted by Crippen LogP contribution is 2.33. The third-order valence-electron chi connectivity index (χ3n) is 5.29. The van der Waals surface area contributed by atoms with Crippen LogP contribution in [0.25, 0.3) is 0 Å². The lowest BCUT2D eigenvalue weighted by Gasteiger charge is -2.26. The molecule has 102 valence electrons. The van der Waals surface area contributed by atoms with Crippen LogP contribution in [0, 0.1) is 0 Å². The lowest BCUT2D eigenvalue weighted by Crippen LogP contribution is -2.45. The van der Waals surface area contributed by atoms with Gasteiger partial charge in [-0.2, -0.15) is 0 Å². The van der Waals surface area contributed by atoms with Crippen LogP contribution < -0.4 is 10.4 Å². The molecule has 2 heterocycles. The van der Waals surface area contributed by atoms with Crippen molar-refractivity contribution in [3.05, 3.63) is 34.7 Å². The molecule has 0 aliphatic carbocycles. The maximum Gasteiger partial charge on any atom is 0.103 e. The molecule has 0 bridgehead atoms. The number of rotatable bonds is 0. The van der Waals surface area contributed by atoms with Gasteiger partial charge in [0.25, 0.3) is 0 Å². The number of hydrogen-bond donors (Lipinski definition) is 0. The highest BCUT2D eigenvalue weighted by atomic mass is 28.4. The first kappa shape index (κ1) is 13.3. The van der Waals surface area contributed by atoms with Gasteiger partial charge >= 0.3 is 0 Å². The SMILES string of the molecule is C=C1[Si](C)(C)c2cc3c(cc2[Si]1(C)C)[C@@H](C)COC3. The van der Waals surface area contributed by atoms with Crippen LogP contribution in [0.3, 0.4) is 0 Å². The Labute approximate surface area is 118 Å². The molecular formula is C16H24OSi2. The molecule has 0 spiro atoms. The van der Waals surface area contributed by atoms with Crippen molar-refractivity contribution in [2.45, 2.75) is 45.6 Å². The van der Waals surface area contributed by atoms with Gasteiger partial charge < -0.3 is 4.74 Å². The van der Waals surface area contributed by atoms with Crippen LogP contribution in [0.15, 0.2) is 23.5 Å². The number of hydrogen-bond acceptors (Lipinski definition) is 1. The van der Waals surface area contributed by atoms with E-state index in [4.69, 9.17) is 4.74 Å². The Morgan fingerprint density at radius 2 is 1.68 bits per heavy atom. The molecule has 1 aromatic carbocycles. The molecule has 0 saturated heterocycles. The zero-order chi connectivity index (χ0) is 14.0. The van der Waals surface area contributed by atoms with Gasteiger partial charge in [0.2, 0.25) is 0 Å². The first-order valence-electron chi connectivity index (χ1n) is 7.21. The monoisotopic (exact) mass is 288 g/mol. The summed E-state index contributed by atoms with van der Waals surface area (Å²) < 4.78 is 5.72.